The molecule has 0 aliphatic heterocycles. The Hall–Kier alpha value is -0.670. The molecular weight excluding hydrogens is 188 g/mol. The van der Waals surface area contributed by atoms with Crippen LogP contribution in [0.4, 0.5) is 0 Å². The van der Waals surface area contributed by atoms with Gasteiger partial charge in [-0.1, -0.05) is 0 Å². The Morgan fingerprint density at radius 2 is 2.00 bits per heavy atom. The zero-order chi connectivity index (χ0) is 8.72. The van der Waals surface area contributed by atoms with Gasteiger partial charge in [-0.05, 0) is 24.8 Å². The van der Waals surface area contributed by atoms with E-state index in [1.807, 2.05) is 5.38 Å². The number of fused-ring (bicyclic) bond motifs is 1. The Kier molecular flexibility index (Phi) is 1.77. The quantitative estimate of drug-likeness (QED) is 0.638. The molecule has 0 saturated heterocycles. The van der Waals surface area contributed by atoms with Crippen molar-refractivity contribution in [1.82, 2.24) is 0 Å². The Labute approximate surface area is 78.7 Å². The van der Waals surface area contributed by atoms with Crippen molar-refractivity contribution in [3.8, 4) is 0 Å². The Morgan fingerprint density at radius 3 is 2.67 bits per heavy atom. The minimum Gasteiger partial charge on any atom is -0.294 e. The molecule has 0 aromatic carbocycles. The monoisotopic (exact) mass is 196 g/mol. The zero-order valence-corrected chi connectivity index (χ0v) is 8.51. The van der Waals surface area contributed by atoms with Crippen molar-refractivity contribution >= 4 is 37.9 Å². The van der Waals surface area contributed by atoms with E-state index in [0.717, 1.165) is 10.9 Å². The van der Waals surface area contributed by atoms with Crippen molar-refractivity contribution in [3.05, 3.63) is 21.9 Å². The highest BCUT2D eigenvalue weighted by Gasteiger charge is 2.11. The summed E-state index contributed by atoms with van der Waals surface area (Å²) in [4.78, 5) is 11.2. The number of ketones is 1. The summed E-state index contributed by atoms with van der Waals surface area (Å²) in [6.45, 7) is 3.68. The predicted molar refractivity (Wildman–Crippen MR) is 54.4 cm³/mol. The van der Waals surface area contributed by atoms with Crippen molar-refractivity contribution in [2.75, 3.05) is 0 Å². The normalized spacial score (nSPS) is 10.8. The van der Waals surface area contributed by atoms with Gasteiger partial charge < -0.3 is 0 Å². The van der Waals surface area contributed by atoms with Crippen LogP contribution in [-0.4, -0.2) is 5.78 Å². The third kappa shape index (κ3) is 1.01. The Morgan fingerprint density at radius 1 is 1.33 bits per heavy atom. The fraction of sp³-hybridized carbons (Fsp3) is 0.222. The third-order valence-electron chi connectivity index (χ3n) is 1.87. The third-order valence-corrected chi connectivity index (χ3v) is 4.11. The smallest absolute Gasteiger partial charge is 0.161 e. The molecule has 0 aliphatic carbocycles. The maximum absolute atomic E-state index is 11.2. The van der Waals surface area contributed by atoms with Gasteiger partial charge in [-0.3, -0.25) is 4.79 Å². The van der Waals surface area contributed by atoms with Gasteiger partial charge >= 0.3 is 0 Å². The lowest BCUT2D eigenvalue weighted by molar-refractivity contribution is 0.101. The lowest BCUT2D eigenvalue weighted by Crippen LogP contribution is -1.88. The second-order valence-electron chi connectivity index (χ2n) is 2.79. The molecule has 2 rings (SSSR count). The van der Waals surface area contributed by atoms with Crippen molar-refractivity contribution < 1.29 is 4.79 Å². The molecule has 0 unspecified atom stereocenters. The van der Waals surface area contributed by atoms with E-state index < -0.39 is 0 Å². The predicted octanol–water partition coefficient (Wildman–Crippen LogP) is 3.47. The first-order valence-electron chi connectivity index (χ1n) is 3.66. The van der Waals surface area contributed by atoms with Crippen LogP contribution >= 0.6 is 22.7 Å². The van der Waals surface area contributed by atoms with Gasteiger partial charge in [0.05, 0.1) is 4.01 Å². The minimum absolute atomic E-state index is 0.169. The van der Waals surface area contributed by atoms with E-state index in [1.165, 1.54) is 9.58 Å². The molecule has 0 amide bonds. The largest absolute Gasteiger partial charge is 0.294 e. The maximum Gasteiger partial charge on any atom is 0.161 e. The van der Waals surface area contributed by atoms with E-state index in [2.05, 4.69) is 12.3 Å². The van der Waals surface area contributed by atoms with E-state index in [1.54, 1.807) is 29.6 Å². The fourth-order valence-corrected chi connectivity index (χ4v) is 3.46. The number of thiophene rings is 2. The van der Waals surface area contributed by atoms with Gasteiger partial charge in [0, 0.05) is 16.3 Å². The molecule has 2 heterocycles. The van der Waals surface area contributed by atoms with Crippen LogP contribution in [0.2, 0.25) is 0 Å². The van der Waals surface area contributed by atoms with Gasteiger partial charge in [-0.2, -0.15) is 0 Å². The standard InChI is InChI=1S/C9H8OS2/c1-5-3-11-9-8(5)7(4-12-9)6(2)10/h3-4H,1-2H3. The van der Waals surface area contributed by atoms with Crippen LogP contribution in [-0.2, 0) is 0 Å². The molecule has 0 N–H and O–H groups in total. The van der Waals surface area contributed by atoms with Crippen molar-refractivity contribution in [1.29, 1.82) is 0 Å². The molecule has 62 valence electrons. The van der Waals surface area contributed by atoms with Crippen LogP contribution in [0, 0.1) is 6.92 Å². The lowest BCUT2D eigenvalue weighted by Gasteiger charge is -1.89. The van der Waals surface area contributed by atoms with E-state index in [-0.39, 0.29) is 5.78 Å². The number of carbonyl (C=O) groups excluding carboxylic acids is 1. The molecule has 3 heteroatoms. The van der Waals surface area contributed by atoms with Crippen LogP contribution in [0.15, 0.2) is 10.8 Å². The summed E-state index contributed by atoms with van der Waals surface area (Å²) in [5.74, 6) is 0.169. The topological polar surface area (TPSA) is 17.1 Å². The molecule has 1 nitrogen and oxygen atoms in total. The summed E-state index contributed by atoms with van der Waals surface area (Å²) in [5, 5.41) is 5.22. The molecule has 2 aromatic rings. The fourth-order valence-electron chi connectivity index (χ4n) is 1.26. The van der Waals surface area contributed by atoms with Crippen LogP contribution in [0.5, 0.6) is 0 Å². The van der Waals surface area contributed by atoms with Gasteiger partial charge in [0.2, 0.25) is 0 Å². The Bertz CT molecular complexity index is 436. The van der Waals surface area contributed by atoms with Crippen LogP contribution < -0.4 is 0 Å². The number of Topliss-reactive ketones (excluding diaryl/α,β-unsaturated/α-hetero) is 1. The average molecular weight is 196 g/mol. The molecule has 0 atom stereocenters. The van der Waals surface area contributed by atoms with E-state index in [4.69, 9.17) is 0 Å². The van der Waals surface area contributed by atoms with Crippen molar-refractivity contribution in [3.63, 3.8) is 0 Å². The summed E-state index contributed by atoms with van der Waals surface area (Å²) >= 11 is 3.38. The SMILES string of the molecule is CC(=O)c1csc2scc(C)c12. The first-order chi connectivity index (χ1) is 5.70. The van der Waals surface area contributed by atoms with Crippen molar-refractivity contribution in [2.45, 2.75) is 13.8 Å². The summed E-state index contributed by atoms with van der Waals surface area (Å²) in [5.41, 5.74) is 2.11. The first kappa shape index (κ1) is 7.95. The van der Waals surface area contributed by atoms with Crippen LogP contribution in [0.3, 0.4) is 0 Å². The highest BCUT2D eigenvalue weighted by molar-refractivity contribution is 7.37. The lowest BCUT2D eigenvalue weighted by atomic mass is 10.1. The number of carbonyl (C=O) groups is 1. The molecule has 0 bridgehead atoms. The van der Waals surface area contributed by atoms with E-state index in [0.29, 0.717) is 0 Å². The Balaban J connectivity index is 2.83. The molecule has 2 aromatic heterocycles. The number of hydrogen-bond acceptors (Lipinski definition) is 3. The number of hydrogen-bond donors (Lipinski definition) is 0. The summed E-state index contributed by atoms with van der Waals surface area (Å²) in [6, 6.07) is 0. The molecule has 12 heavy (non-hydrogen) atoms. The molecule has 0 saturated carbocycles. The second-order valence-corrected chi connectivity index (χ2v) is 4.80. The van der Waals surface area contributed by atoms with Gasteiger partial charge in [-0.25, -0.2) is 0 Å². The van der Waals surface area contributed by atoms with Gasteiger partial charge in [-0.15, -0.1) is 22.7 Å². The summed E-state index contributed by atoms with van der Waals surface area (Å²) in [6.07, 6.45) is 0. The maximum atomic E-state index is 11.2. The molecule has 0 aliphatic rings. The number of rotatable bonds is 1. The molecule has 0 fully saturated rings. The molecule has 0 spiro atoms. The average Bonchev–Trinajstić information content (AvgIpc) is 2.53. The minimum atomic E-state index is 0.169. The molecular formula is C9H8OS2. The molecule has 0 radical (unpaired) electrons. The number of aryl methyl sites for hydroxylation is 1. The van der Waals surface area contributed by atoms with Crippen LogP contribution in [0.1, 0.15) is 22.8 Å². The zero-order valence-electron chi connectivity index (χ0n) is 6.88. The highest BCUT2D eigenvalue weighted by Crippen LogP contribution is 2.34. The van der Waals surface area contributed by atoms with Gasteiger partial charge in [0.25, 0.3) is 0 Å². The summed E-state index contributed by atoms with van der Waals surface area (Å²) < 4.78 is 1.26. The van der Waals surface area contributed by atoms with E-state index >= 15 is 0 Å². The van der Waals surface area contributed by atoms with E-state index in [9.17, 15) is 4.79 Å². The first-order valence-corrected chi connectivity index (χ1v) is 5.42. The highest BCUT2D eigenvalue weighted by atomic mass is 32.2. The van der Waals surface area contributed by atoms with Gasteiger partial charge in [0.15, 0.2) is 5.78 Å². The second kappa shape index (κ2) is 2.68. The van der Waals surface area contributed by atoms with Gasteiger partial charge in [0.1, 0.15) is 0 Å². The van der Waals surface area contributed by atoms with Crippen LogP contribution in [0.25, 0.3) is 9.40 Å². The van der Waals surface area contributed by atoms with Crippen molar-refractivity contribution in [2.24, 2.45) is 0 Å². The summed E-state index contributed by atoms with van der Waals surface area (Å²) in [7, 11) is 0.